The molecule has 0 atom stereocenters. The van der Waals surface area contributed by atoms with Crippen molar-refractivity contribution in [1.82, 2.24) is 0 Å². The highest BCUT2D eigenvalue weighted by Gasteiger charge is 2.22. The van der Waals surface area contributed by atoms with Gasteiger partial charge >= 0.3 is 0 Å². The number of rotatable bonds is 11. The standard InChI is InChI=1S/C38H27N7O11S3/c39-37(47)17-21-1-4-23(5-2-21)40-41-34-14-12-32(28-10-7-25(19-30(28)34)58(51,52)53)42-43-35-15-13-33(29-11-8-26(20-31(29)35)59(54,55)56)44-45-38-27-9-6-24(57(48,49)50)18-22(27)3-16-36(38)46/h1-16,18-20,44H,17H2,(H2,39,47)(H,48,49,50)(H,51,52,53)(H,54,55,56)/b41-40?,43-42?,45-38-. The van der Waals surface area contributed by atoms with Crippen LogP contribution in [0.4, 0.5) is 28.4 Å². The number of hydrogen-bond acceptors (Lipinski definition) is 14. The van der Waals surface area contributed by atoms with Gasteiger partial charge in [0.2, 0.25) is 5.78 Å². The molecule has 0 unspecified atom stereocenters. The average Bonchev–Trinajstić information content (AvgIpc) is 3.18. The molecule has 0 bridgehead atoms. The van der Waals surface area contributed by atoms with E-state index in [2.05, 4.69) is 31.0 Å². The predicted octanol–water partition coefficient (Wildman–Crippen LogP) is 8.05. The number of nitrogens with one attached hydrogen (secondary N) is 2. The van der Waals surface area contributed by atoms with Crippen molar-refractivity contribution in [1.29, 1.82) is 5.41 Å². The summed E-state index contributed by atoms with van der Waals surface area (Å²) in [5.41, 5.74) is 5.08. The molecule has 298 valence electrons. The maximum Gasteiger partial charge on any atom is 0.294 e. The van der Waals surface area contributed by atoms with Crippen molar-refractivity contribution in [3.05, 3.63) is 126 Å². The zero-order valence-corrected chi connectivity index (χ0v) is 32.2. The Morgan fingerprint density at radius 1 is 0.576 bits per heavy atom. The summed E-state index contributed by atoms with van der Waals surface area (Å²) in [5.74, 6) is -1.02. The van der Waals surface area contributed by atoms with Crippen molar-refractivity contribution >= 4 is 104 Å². The maximum atomic E-state index is 12.9. The third kappa shape index (κ3) is 8.84. The largest absolute Gasteiger partial charge is 0.497 e. The van der Waals surface area contributed by atoms with E-state index in [0.717, 1.165) is 24.3 Å². The Labute approximate surface area is 334 Å². The van der Waals surface area contributed by atoms with E-state index in [4.69, 9.17) is 5.41 Å². The number of allylic oxidation sites excluding steroid dienone is 1. The fraction of sp³-hybridized carbons (Fsp3) is 0.0263. The van der Waals surface area contributed by atoms with Gasteiger partial charge in [-0.1, -0.05) is 36.4 Å². The number of hydrazone groups is 1. The highest BCUT2D eigenvalue weighted by Crippen LogP contribution is 2.39. The number of ketones is 1. The zero-order valence-electron chi connectivity index (χ0n) is 29.8. The zero-order chi connectivity index (χ0) is 42.3. The fourth-order valence-electron chi connectivity index (χ4n) is 6.04. The summed E-state index contributed by atoms with van der Waals surface area (Å²) in [6.45, 7) is 0. The molecule has 0 amide bonds. The smallest absolute Gasteiger partial charge is 0.294 e. The lowest BCUT2D eigenvalue weighted by atomic mass is 9.95. The molecule has 0 aliphatic heterocycles. The van der Waals surface area contributed by atoms with E-state index in [0.29, 0.717) is 27.6 Å². The molecule has 0 saturated carbocycles. The van der Waals surface area contributed by atoms with E-state index in [1.807, 2.05) is 0 Å². The summed E-state index contributed by atoms with van der Waals surface area (Å²) in [5, 5.41) is 39.0. The number of aliphatic hydroxyl groups is 1. The first-order valence-corrected chi connectivity index (χ1v) is 21.1. The Kier molecular flexibility index (Phi) is 10.6. The Balaban J connectivity index is 1.28. The van der Waals surface area contributed by atoms with E-state index in [-0.39, 0.29) is 56.1 Å². The summed E-state index contributed by atoms with van der Waals surface area (Å²) in [4.78, 5) is 11.6. The van der Waals surface area contributed by atoms with Gasteiger partial charge in [0, 0.05) is 33.5 Å². The van der Waals surface area contributed by atoms with Gasteiger partial charge in [0.1, 0.15) is 5.71 Å². The molecule has 0 heterocycles. The lowest BCUT2D eigenvalue weighted by Gasteiger charge is -2.14. The van der Waals surface area contributed by atoms with Crippen LogP contribution in [0.1, 0.15) is 16.7 Å². The number of anilines is 1. The van der Waals surface area contributed by atoms with Crippen LogP contribution >= 0.6 is 0 Å². The molecule has 6 aromatic rings. The second-order valence-electron chi connectivity index (χ2n) is 12.8. The van der Waals surface area contributed by atoms with Crippen LogP contribution in [-0.4, -0.2) is 61.4 Å². The number of benzene rings is 6. The Bertz CT molecular complexity index is 3240. The molecular weight excluding hydrogens is 827 g/mol. The van der Waals surface area contributed by atoms with Crippen LogP contribution in [0.5, 0.6) is 0 Å². The highest BCUT2D eigenvalue weighted by atomic mass is 32.2. The van der Waals surface area contributed by atoms with Gasteiger partial charge in [-0.3, -0.25) is 29.3 Å². The number of aliphatic hydroxyl groups excluding tert-OH is 1. The average molecular weight is 854 g/mol. The van der Waals surface area contributed by atoms with Crippen molar-refractivity contribution in [2.24, 2.45) is 25.6 Å². The molecule has 0 aromatic heterocycles. The molecule has 18 nitrogen and oxygen atoms in total. The minimum Gasteiger partial charge on any atom is -0.497 e. The van der Waals surface area contributed by atoms with E-state index in [1.165, 1.54) is 66.7 Å². The molecule has 0 saturated heterocycles. The molecule has 0 radical (unpaired) electrons. The van der Waals surface area contributed by atoms with E-state index in [1.54, 1.807) is 24.3 Å². The number of hydrogen-bond donors (Lipinski definition) is 6. The number of carbonyl (C=O) groups is 1. The summed E-state index contributed by atoms with van der Waals surface area (Å²) >= 11 is 0. The van der Waals surface area contributed by atoms with Crippen molar-refractivity contribution in [3.8, 4) is 0 Å². The van der Waals surface area contributed by atoms with Crippen LogP contribution < -0.4 is 5.43 Å². The summed E-state index contributed by atoms with van der Waals surface area (Å²) < 4.78 is 101. The van der Waals surface area contributed by atoms with Crippen molar-refractivity contribution in [3.63, 3.8) is 0 Å². The number of azo groups is 2. The molecule has 6 aromatic carbocycles. The van der Waals surface area contributed by atoms with Crippen molar-refractivity contribution < 1.29 is 48.8 Å². The molecule has 21 heteroatoms. The first-order valence-electron chi connectivity index (χ1n) is 16.8. The summed E-state index contributed by atoms with van der Waals surface area (Å²) in [6, 6.07) is 23.5. The Hall–Kier alpha value is -6.88. The molecule has 1 aliphatic carbocycles. The first kappa shape index (κ1) is 40.3. The maximum absolute atomic E-state index is 12.9. The quantitative estimate of drug-likeness (QED) is 0.0237. The molecule has 0 fully saturated rings. The van der Waals surface area contributed by atoms with Gasteiger partial charge in [-0.05, 0) is 90.0 Å². The van der Waals surface area contributed by atoms with Gasteiger partial charge in [0.15, 0.2) is 5.90 Å². The van der Waals surface area contributed by atoms with Gasteiger partial charge in [-0.15, -0.1) is 15.3 Å². The van der Waals surface area contributed by atoms with Crippen LogP contribution in [0.15, 0.2) is 149 Å². The minimum absolute atomic E-state index is 0.0342. The summed E-state index contributed by atoms with van der Waals surface area (Å²) in [6.07, 6.45) is 2.58. The SMILES string of the molecule is N=C(O)Cc1ccc(N=Nc2ccc(N=Nc3ccc(N/N=C4\C(=O)C=Cc5cc(S(=O)(=O)O)ccc54)c4ccc(S(=O)(=O)O)cc34)c3ccc(S(=O)(=O)O)cc23)cc1. The van der Waals surface area contributed by atoms with Crippen molar-refractivity contribution in [2.45, 2.75) is 21.1 Å². The molecule has 6 N–H and O–H groups in total. The van der Waals surface area contributed by atoms with E-state index < -0.39 is 51.8 Å². The minimum atomic E-state index is -4.70. The molecule has 7 rings (SSSR count). The fourth-order valence-corrected chi connectivity index (χ4v) is 7.57. The highest BCUT2D eigenvalue weighted by molar-refractivity contribution is 7.86. The van der Waals surface area contributed by atoms with Crippen LogP contribution in [0.3, 0.4) is 0 Å². The summed E-state index contributed by atoms with van der Waals surface area (Å²) in [7, 11) is -13.9. The molecule has 1 aliphatic rings. The third-order valence-electron chi connectivity index (χ3n) is 8.86. The Morgan fingerprint density at radius 2 is 1.08 bits per heavy atom. The van der Waals surface area contributed by atoms with Gasteiger partial charge in [0.05, 0.1) is 43.1 Å². The van der Waals surface area contributed by atoms with Crippen LogP contribution in [-0.2, 0) is 41.6 Å². The molecule has 59 heavy (non-hydrogen) atoms. The van der Waals surface area contributed by atoms with Gasteiger partial charge < -0.3 is 5.11 Å². The van der Waals surface area contributed by atoms with E-state index >= 15 is 0 Å². The van der Waals surface area contributed by atoms with Gasteiger partial charge in [0.25, 0.3) is 30.4 Å². The van der Waals surface area contributed by atoms with Crippen molar-refractivity contribution in [2.75, 3.05) is 5.43 Å². The molecule has 0 spiro atoms. The van der Waals surface area contributed by atoms with Crippen LogP contribution in [0, 0.1) is 5.41 Å². The van der Waals surface area contributed by atoms with Gasteiger partial charge in [-0.25, -0.2) is 0 Å². The lowest BCUT2D eigenvalue weighted by Crippen LogP contribution is -2.19. The second-order valence-corrected chi connectivity index (χ2v) is 17.0. The van der Waals surface area contributed by atoms with Crippen LogP contribution in [0.25, 0.3) is 27.6 Å². The van der Waals surface area contributed by atoms with Gasteiger partial charge in [-0.2, -0.15) is 35.5 Å². The normalized spacial score (nSPS) is 14.2. The predicted molar refractivity (Wildman–Crippen MR) is 217 cm³/mol. The number of carbonyl (C=O) groups excluding carboxylic acids is 1. The third-order valence-corrected chi connectivity index (χ3v) is 11.4. The lowest BCUT2D eigenvalue weighted by molar-refractivity contribution is -0.108. The second kappa shape index (κ2) is 15.5. The topological polar surface area (TPSA) is 298 Å². The first-order chi connectivity index (χ1) is 27.8. The van der Waals surface area contributed by atoms with Crippen LogP contribution in [0.2, 0.25) is 0 Å². The number of fused-ring (bicyclic) bond motifs is 3. The molecular formula is C38H27N7O11S3. The Morgan fingerprint density at radius 3 is 1.68 bits per heavy atom. The monoisotopic (exact) mass is 853 g/mol. The van der Waals surface area contributed by atoms with E-state index in [9.17, 15) is 48.8 Å². The number of nitrogens with zero attached hydrogens (tertiary/aromatic N) is 5.